The fraction of sp³-hybridized carbons (Fsp3) is 0.130. The number of anilines is 1. The van der Waals surface area contributed by atoms with Gasteiger partial charge in [0.25, 0.3) is 5.91 Å². The van der Waals surface area contributed by atoms with Gasteiger partial charge in [-0.3, -0.25) is 4.79 Å². The Morgan fingerprint density at radius 2 is 2.00 bits per heavy atom. The molecule has 3 aromatic rings. The third-order valence-corrected chi connectivity index (χ3v) is 4.82. The zero-order chi connectivity index (χ0) is 19.5. The van der Waals surface area contributed by atoms with Crippen molar-refractivity contribution in [1.82, 2.24) is 4.57 Å². The second-order valence-corrected chi connectivity index (χ2v) is 6.46. The van der Waals surface area contributed by atoms with E-state index in [1.54, 1.807) is 18.4 Å². The summed E-state index contributed by atoms with van der Waals surface area (Å²) in [5, 5.41) is 13.6. The Morgan fingerprint density at radius 3 is 2.68 bits per heavy atom. The first-order valence-electron chi connectivity index (χ1n) is 9.13. The number of carbonyl (C=O) groups is 1. The largest absolute Gasteiger partial charge is 0.496 e. The van der Waals surface area contributed by atoms with Crippen molar-refractivity contribution in [2.75, 3.05) is 11.9 Å². The first-order valence-corrected chi connectivity index (χ1v) is 9.13. The van der Waals surface area contributed by atoms with E-state index in [2.05, 4.69) is 22.9 Å². The van der Waals surface area contributed by atoms with Crippen LogP contribution >= 0.6 is 0 Å². The molecule has 0 saturated heterocycles. The van der Waals surface area contributed by atoms with Crippen LogP contribution < -0.4 is 5.32 Å². The summed E-state index contributed by atoms with van der Waals surface area (Å²) in [5.41, 5.74) is 4.83. The van der Waals surface area contributed by atoms with Crippen molar-refractivity contribution in [3.63, 3.8) is 0 Å². The molecule has 1 amide bonds. The number of hydrogen-bond donors (Lipinski definition) is 1. The van der Waals surface area contributed by atoms with Crippen LogP contribution in [0.3, 0.4) is 0 Å². The van der Waals surface area contributed by atoms with E-state index in [-0.39, 0.29) is 12.5 Å². The van der Waals surface area contributed by atoms with E-state index >= 15 is 0 Å². The molecule has 1 N–H and O–H groups in total. The molecule has 1 aromatic heterocycles. The fourth-order valence-corrected chi connectivity index (χ4v) is 3.51. The van der Waals surface area contributed by atoms with E-state index in [0.29, 0.717) is 16.8 Å². The Morgan fingerprint density at radius 1 is 1.21 bits per heavy atom. The van der Waals surface area contributed by atoms with E-state index < -0.39 is 0 Å². The maximum absolute atomic E-state index is 12.3. The third-order valence-electron chi connectivity index (χ3n) is 4.82. The number of nitrogens with one attached hydrogen (secondary N) is 1. The van der Waals surface area contributed by atoms with Gasteiger partial charge in [0, 0.05) is 23.1 Å². The van der Waals surface area contributed by atoms with Gasteiger partial charge in [-0.2, -0.15) is 5.26 Å². The van der Waals surface area contributed by atoms with Crippen LogP contribution in [0.1, 0.15) is 12.5 Å². The van der Waals surface area contributed by atoms with Crippen molar-refractivity contribution in [2.45, 2.75) is 13.5 Å². The summed E-state index contributed by atoms with van der Waals surface area (Å²) in [6, 6.07) is 17.9. The maximum atomic E-state index is 12.3. The lowest BCUT2D eigenvalue weighted by Gasteiger charge is -2.12. The minimum Gasteiger partial charge on any atom is -0.496 e. The van der Waals surface area contributed by atoms with Gasteiger partial charge < -0.3 is 14.6 Å². The molecule has 2 aromatic carbocycles. The predicted molar refractivity (Wildman–Crippen MR) is 110 cm³/mol. The van der Waals surface area contributed by atoms with Crippen molar-refractivity contribution in [3.05, 3.63) is 78.1 Å². The van der Waals surface area contributed by atoms with Crippen molar-refractivity contribution < 1.29 is 9.53 Å². The molecule has 0 radical (unpaired) electrons. The lowest BCUT2D eigenvalue weighted by Crippen LogP contribution is -2.18. The smallest absolute Gasteiger partial charge is 0.255 e. The van der Waals surface area contributed by atoms with E-state index in [1.165, 1.54) is 0 Å². The number of hydrogen-bond acceptors (Lipinski definition) is 3. The molecule has 4 rings (SSSR count). The average Bonchev–Trinajstić information content (AvgIpc) is 3.08. The zero-order valence-electron chi connectivity index (χ0n) is 15.5. The number of nitriles is 1. The van der Waals surface area contributed by atoms with Crippen LogP contribution in [0.15, 0.2) is 72.5 Å². The zero-order valence-corrected chi connectivity index (χ0v) is 15.5. The van der Waals surface area contributed by atoms with Crippen LogP contribution in [-0.2, 0) is 16.1 Å². The maximum Gasteiger partial charge on any atom is 0.255 e. The molecule has 0 bridgehead atoms. The average molecular weight is 369 g/mol. The van der Waals surface area contributed by atoms with Gasteiger partial charge in [0.1, 0.15) is 12.7 Å². The number of ether oxygens (including phenoxy) is 1. The summed E-state index contributed by atoms with van der Waals surface area (Å²) in [6.45, 7) is 3.10. The highest BCUT2D eigenvalue weighted by Crippen LogP contribution is 2.34. The molecule has 5 heteroatoms. The first-order chi connectivity index (χ1) is 13.7. The van der Waals surface area contributed by atoms with Crippen LogP contribution in [0.2, 0.25) is 0 Å². The van der Waals surface area contributed by atoms with Gasteiger partial charge in [-0.05, 0) is 42.8 Å². The Hall–Kier alpha value is -3.78. The summed E-state index contributed by atoms with van der Waals surface area (Å²) < 4.78 is 7.31. The normalized spacial score (nSPS) is 12.9. The molecule has 0 saturated carbocycles. The van der Waals surface area contributed by atoms with Crippen LogP contribution in [0.4, 0.5) is 5.69 Å². The van der Waals surface area contributed by atoms with E-state index in [4.69, 9.17) is 4.74 Å². The molecule has 0 aliphatic carbocycles. The number of allylic oxidation sites excluding steroid dienone is 2. The standard InChI is InChI=1S/C23H19N3O2/c1-2-26-21-8-4-3-7-19(21)20(14-24)22(26)16-9-11-18(12-10-16)25-23(27)17-6-5-13-28-15-17/h3-13H,2,15H2,1H3,(H,25,27). The number of aryl methyl sites for hydroxylation is 1. The predicted octanol–water partition coefficient (Wildman–Crippen LogP) is 4.61. The minimum atomic E-state index is -0.183. The summed E-state index contributed by atoms with van der Waals surface area (Å²) >= 11 is 0. The van der Waals surface area contributed by atoms with Gasteiger partial charge in [-0.25, -0.2) is 0 Å². The van der Waals surface area contributed by atoms with Gasteiger partial charge in [-0.1, -0.05) is 30.3 Å². The quantitative estimate of drug-likeness (QED) is 0.730. The summed E-state index contributed by atoms with van der Waals surface area (Å²) in [4.78, 5) is 12.3. The van der Waals surface area contributed by atoms with E-state index in [0.717, 1.165) is 28.7 Å². The molecule has 28 heavy (non-hydrogen) atoms. The molecule has 1 aliphatic rings. The fourth-order valence-electron chi connectivity index (χ4n) is 3.51. The SMILES string of the molecule is CCn1c(-c2ccc(NC(=O)C3=CC=COC3)cc2)c(C#N)c2ccccc21. The van der Waals surface area contributed by atoms with Crippen molar-refractivity contribution in [3.8, 4) is 17.3 Å². The van der Waals surface area contributed by atoms with Crippen LogP contribution in [-0.4, -0.2) is 17.1 Å². The van der Waals surface area contributed by atoms with Gasteiger partial charge in [0.15, 0.2) is 0 Å². The van der Waals surface area contributed by atoms with Crippen molar-refractivity contribution in [2.24, 2.45) is 0 Å². The molecule has 0 unspecified atom stereocenters. The molecular weight excluding hydrogens is 350 g/mol. The second kappa shape index (κ2) is 7.45. The van der Waals surface area contributed by atoms with Crippen LogP contribution in [0, 0.1) is 11.3 Å². The van der Waals surface area contributed by atoms with Crippen LogP contribution in [0.25, 0.3) is 22.2 Å². The number of benzene rings is 2. The summed E-state index contributed by atoms with van der Waals surface area (Å²) in [6.07, 6.45) is 5.01. The number of carbonyl (C=O) groups excluding carboxylic acids is 1. The lowest BCUT2D eigenvalue weighted by atomic mass is 10.1. The highest BCUT2D eigenvalue weighted by atomic mass is 16.5. The highest BCUT2D eigenvalue weighted by molar-refractivity contribution is 6.04. The van der Waals surface area contributed by atoms with Gasteiger partial charge in [-0.15, -0.1) is 0 Å². The summed E-state index contributed by atoms with van der Waals surface area (Å²) in [5.74, 6) is -0.183. The molecule has 1 aliphatic heterocycles. The second-order valence-electron chi connectivity index (χ2n) is 6.46. The highest BCUT2D eigenvalue weighted by Gasteiger charge is 2.18. The van der Waals surface area contributed by atoms with Gasteiger partial charge >= 0.3 is 0 Å². The van der Waals surface area contributed by atoms with E-state index in [9.17, 15) is 10.1 Å². The number of nitrogens with zero attached hydrogens (tertiary/aromatic N) is 2. The Balaban J connectivity index is 1.68. The third kappa shape index (κ3) is 3.06. The molecule has 0 spiro atoms. The Kier molecular flexibility index (Phi) is 4.69. The van der Waals surface area contributed by atoms with E-state index in [1.807, 2.05) is 48.5 Å². The topological polar surface area (TPSA) is 67.1 Å². The Bertz CT molecular complexity index is 1150. The number of para-hydroxylation sites is 1. The molecular formula is C23H19N3O2. The Labute approximate surface area is 163 Å². The van der Waals surface area contributed by atoms with Crippen molar-refractivity contribution >= 4 is 22.5 Å². The molecule has 0 fully saturated rings. The van der Waals surface area contributed by atoms with Gasteiger partial charge in [0.05, 0.1) is 23.1 Å². The first kappa shape index (κ1) is 17.6. The monoisotopic (exact) mass is 369 g/mol. The molecule has 5 nitrogen and oxygen atoms in total. The minimum absolute atomic E-state index is 0.183. The number of amides is 1. The van der Waals surface area contributed by atoms with Crippen LogP contribution in [0.5, 0.6) is 0 Å². The number of aromatic nitrogens is 1. The number of fused-ring (bicyclic) bond motifs is 1. The lowest BCUT2D eigenvalue weighted by molar-refractivity contribution is -0.113. The van der Waals surface area contributed by atoms with Gasteiger partial charge in [0.2, 0.25) is 0 Å². The molecule has 2 heterocycles. The molecule has 0 atom stereocenters. The summed E-state index contributed by atoms with van der Waals surface area (Å²) in [7, 11) is 0. The molecule has 138 valence electrons. The van der Waals surface area contributed by atoms with Crippen molar-refractivity contribution in [1.29, 1.82) is 5.26 Å². The number of rotatable bonds is 4.